The van der Waals surface area contributed by atoms with E-state index in [1.165, 1.54) is 6.26 Å². The summed E-state index contributed by atoms with van der Waals surface area (Å²) in [4.78, 5) is 18.6. The summed E-state index contributed by atoms with van der Waals surface area (Å²) in [6.45, 7) is 1.68. The first-order valence-corrected chi connectivity index (χ1v) is 4.97. The van der Waals surface area contributed by atoms with Crippen LogP contribution >= 0.6 is 0 Å². The molecule has 0 saturated heterocycles. The normalized spacial score (nSPS) is 10.6. The highest BCUT2D eigenvalue weighted by molar-refractivity contribution is 5.46. The molecule has 2 aromatic heterocycles. The number of aryl methyl sites for hydroxylation is 1. The molecular formula is C11H12N2O3. The molecule has 2 heterocycles. The minimum absolute atomic E-state index is 0.0638. The number of nitrogens with zero attached hydrogens (tertiary/aromatic N) is 1. The Balaban J connectivity index is 2.49. The quantitative estimate of drug-likeness (QED) is 0.804. The van der Waals surface area contributed by atoms with Crippen LogP contribution in [0.1, 0.15) is 11.3 Å². The molecule has 0 aliphatic heterocycles. The van der Waals surface area contributed by atoms with Crippen LogP contribution in [0, 0.1) is 6.92 Å². The summed E-state index contributed by atoms with van der Waals surface area (Å²) in [6.07, 6.45) is 1.83. The topological polar surface area (TPSA) is 79.1 Å². The first kappa shape index (κ1) is 10.6. The van der Waals surface area contributed by atoms with Crippen LogP contribution in [0.5, 0.6) is 0 Å². The van der Waals surface area contributed by atoms with Gasteiger partial charge in [0.2, 0.25) is 0 Å². The monoisotopic (exact) mass is 220 g/mol. The fourth-order valence-corrected chi connectivity index (χ4v) is 1.55. The lowest BCUT2D eigenvalue weighted by Crippen LogP contribution is -2.18. The Labute approximate surface area is 91.8 Å². The van der Waals surface area contributed by atoms with Crippen molar-refractivity contribution < 1.29 is 9.52 Å². The van der Waals surface area contributed by atoms with Crippen LogP contribution in [0.2, 0.25) is 0 Å². The van der Waals surface area contributed by atoms with Crippen LogP contribution in [-0.2, 0) is 6.42 Å². The first-order chi connectivity index (χ1) is 7.72. The summed E-state index contributed by atoms with van der Waals surface area (Å²) in [5.41, 5.74) is 0.898. The van der Waals surface area contributed by atoms with Crippen LogP contribution in [0.3, 0.4) is 0 Å². The van der Waals surface area contributed by atoms with E-state index in [-0.39, 0.29) is 12.2 Å². The Bertz CT molecular complexity index is 529. The van der Waals surface area contributed by atoms with Crippen LogP contribution in [0.15, 0.2) is 27.6 Å². The van der Waals surface area contributed by atoms with Gasteiger partial charge in [0.15, 0.2) is 11.6 Å². The van der Waals surface area contributed by atoms with Gasteiger partial charge in [0, 0.05) is 24.3 Å². The highest BCUT2D eigenvalue weighted by Crippen LogP contribution is 2.14. The zero-order chi connectivity index (χ0) is 11.5. The number of hydrogen-bond donors (Lipinski definition) is 2. The molecule has 0 aliphatic carbocycles. The number of furan rings is 1. The van der Waals surface area contributed by atoms with Gasteiger partial charge in [-0.3, -0.25) is 4.79 Å². The van der Waals surface area contributed by atoms with Crippen molar-refractivity contribution >= 4 is 0 Å². The highest BCUT2D eigenvalue weighted by Gasteiger charge is 2.10. The summed E-state index contributed by atoms with van der Waals surface area (Å²) in [6, 6.07) is 3.45. The molecule has 0 bridgehead atoms. The molecule has 5 nitrogen and oxygen atoms in total. The largest absolute Gasteiger partial charge is 0.461 e. The predicted octanol–water partition coefficient (Wildman–Crippen LogP) is 0.873. The summed E-state index contributed by atoms with van der Waals surface area (Å²) >= 11 is 0. The van der Waals surface area contributed by atoms with Gasteiger partial charge in [-0.2, -0.15) is 0 Å². The van der Waals surface area contributed by atoms with Gasteiger partial charge in [-0.25, -0.2) is 4.98 Å². The number of hydrogen-bond acceptors (Lipinski definition) is 4. The molecule has 2 aromatic rings. The van der Waals surface area contributed by atoms with Crippen molar-refractivity contribution in [3.05, 3.63) is 40.0 Å². The number of H-pyrrole nitrogens is 1. The van der Waals surface area contributed by atoms with E-state index in [0.717, 1.165) is 0 Å². The fraction of sp³-hybridized carbons (Fsp3) is 0.273. The number of aliphatic hydroxyl groups is 1. The van der Waals surface area contributed by atoms with E-state index in [1.54, 1.807) is 19.1 Å². The Kier molecular flexibility index (Phi) is 2.87. The zero-order valence-electron chi connectivity index (χ0n) is 8.86. The maximum atomic E-state index is 11.7. The standard InChI is InChI=1S/C11H12N2O3/c1-7-8(4-5-14)11(15)13-10(12-7)9-3-2-6-16-9/h2-3,6,14H,4-5H2,1H3,(H,12,13,15). The molecule has 0 atom stereocenters. The SMILES string of the molecule is Cc1nc(-c2ccco2)[nH]c(=O)c1CCO. The van der Waals surface area contributed by atoms with Crippen molar-refractivity contribution in [2.24, 2.45) is 0 Å². The number of aromatic amines is 1. The predicted molar refractivity (Wildman–Crippen MR) is 58.1 cm³/mol. The van der Waals surface area contributed by atoms with E-state index >= 15 is 0 Å². The second-order valence-corrected chi connectivity index (χ2v) is 3.43. The molecular weight excluding hydrogens is 208 g/mol. The van der Waals surface area contributed by atoms with Crippen molar-refractivity contribution in [3.8, 4) is 11.6 Å². The number of aliphatic hydroxyl groups excluding tert-OH is 1. The van der Waals surface area contributed by atoms with Gasteiger partial charge in [0.25, 0.3) is 5.56 Å². The lowest BCUT2D eigenvalue weighted by molar-refractivity contribution is 0.298. The molecule has 16 heavy (non-hydrogen) atoms. The molecule has 0 aliphatic rings. The van der Waals surface area contributed by atoms with Crippen molar-refractivity contribution in [2.45, 2.75) is 13.3 Å². The summed E-state index contributed by atoms with van der Waals surface area (Å²) < 4.78 is 5.15. The van der Waals surface area contributed by atoms with Gasteiger partial charge in [0.1, 0.15) is 0 Å². The van der Waals surface area contributed by atoms with Gasteiger partial charge in [-0.1, -0.05) is 0 Å². The van der Waals surface area contributed by atoms with Crippen molar-refractivity contribution in [2.75, 3.05) is 6.61 Å². The molecule has 0 aromatic carbocycles. The van der Waals surface area contributed by atoms with Crippen molar-refractivity contribution in [3.63, 3.8) is 0 Å². The van der Waals surface area contributed by atoms with Gasteiger partial charge in [-0.05, 0) is 19.1 Å². The Morgan fingerprint density at radius 1 is 1.56 bits per heavy atom. The molecule has 2 N–H and O–H groups in total. The van der Waals surface area contributed by atoms with Crippen molar-refractivity contribution in [1.82, 2.24) is 9.97 Å². The van der Waals surface area contributed by atoms with Gasteiger partial charge >= 0.3 is 0 Å². The molecule has 0 amide bonds. The summed E-state index contributed by atoms with van der Waals surface area (Å²) in [7, 11) is 0. The molecule has 0 spiro atoms. The molecule has 2 rings (SSSR count). The van der Waals surface area contributed by atoms with Crippen LogP contribution in [0.25, 0.3) is 11.6 Å². The smallest absolute Gasteiger partial charge is 0.254 e. The molecule has 0 unspecified atom stereocenters. The van der Waals surface area contributed by atoms with Crippen molar-refractivity contribution in [1.29, 1.82) is 0 Å². The lowest BCUT2D eigenvalue weighted by Gasteiger charge is -2.03. The van der Waals surface area contributed by atoms with E-state index in [4.69, 9.17) is 9.52 Å². The van der Waals surface area contributed by atoms with E-state index in [1.807, 2.05) is 0 Å². The third-order valence-electron chi connectivity index (χ3n) is 2.34. The molecule has 0 radical (unpaired) electrons. The van der Waals surface area contributed by atoms with Gasteiger partial charge in [0.05, 0.1) is 6.26 Å². The fourth-order valence-electron chi connectivity index (χ4n) is 1.55. The lowest BCUT2D eigenvalue weighted by atomic mass is 10.2. The van der Waals surface area contributed by atoms with Crippen LogP contribution in [0.4, 0.5) is 0 Å². The van der Waals surface area contributed by atoms with E-state index in [9.17, 15) is 4.79 Å². The Hall–Kier alpha value is -1.88. The molecule has 0 fully saturated rings. The third kappa shape index (κ3) is 1.90. The molecule has 84 valence electrons. The average molecular weight is 220 g/mol. The highest BCUT2D eigenvalue weighted by atomic mass is 16.3. The molecule has 5 heteroatoms. The Morgan fingerprint density at radius 2 is 2.38 bits per heavy atom. The van der Waals surface area contributed by atoms with E-state index in [0.29, 0.717) is 29.3 Å². The number of nitrogens with one attached hydrogen (secondary N) is 1. The maximum Gasteiger partial charge on any atom is 0.254 e. The zero-order valence-corrected chi connectivity index (χ0v) is 8.86. The van der Waals surface area contributed by atoms with Gasteiger partial charge in [-0.15, -0.1) is 0 Å². The first-order valence-electron chi connectivity index (χ1n) is 4.97. The number of aromatic nitrogens is 2. The maximum absolute atomic E-state index is 11.7. The second kappa shape index (κ2) is 4.32. The summed E-state index contributed by atoms with van der Waals surface area (Å²) in [5, 5.41) is 8.82. The van der Waals surface area contributed by atoms with Crippen LogP contribution < -0.4 is 5.56 Å². The van der Waals surface area contributed by atoms with E-state index < -0.39 is 0 Å². The third-order valence-corrected chi connectivity index (χ3v) is 2.34. The number of rotatable bonds is 3. The molecule has 0 saturated carbocycles. The second-order valence-electron chi connectivity index (χ2n) is 3.43. The Morgan fingerprint density at radius 3 is 2.94 bits per heavy atom. The summed E-state index contributed by atoms with van der Waals surface area (Å²) in [5.74, 6) is 0.935. The minimum atomic E-state index is -0.229. The van der Waals surface area contributed by atoms with Gasteiger partial charge < -0.3 is 14.5 Å². The minimum Gasteiger partial charge on any atom is -0.461 e. The average Bonchev–Trinajstić information content (AvgIpc) is 2.76. The van der Waals surface area contributed by atoms with Crippen LogP contribution in [-0.4, -0.2) is 21.7 Å². The van der Waals surface area contributed by atoms with E-state index in [2.05, 4.69) is 9.97 Å².